The molecule has 0 saturated carbocycles. The van der Waals surface area contributed by atoms with E-state index in [1.54, 1.807) is 11.3 Å². The molecule has 92 valence electrons. The van der Waals surface area contributed by atoms with E-state index in [2.05, 4.69) is 13.0 Å². The van der Waals surface area contributed by atoms with Gasteiger partial charge in [0.25, 0.3) is 0 Å². The van der Waals surface area contributed by atoms with Crippen LogP contribution in [-0.4, -0.2) is 17.0 Å². The zero-order chi connectivity index (χ0) is 12.7. The molecule has 0 spiro atoms. The first kappa shape index (κ1) is 11.7. The summed E-state index contributed by atoms with van der Waals surface area (Å²) < 4.78 is 8.37. The van der Waals surface area contributed by atoms with E-state index in [9.17, 15) is 4.79 Å². The van der Waals surface area contributed by atoms with Crippen LogP contribution in [0.4, 0.5) is 0 Å². The van der Waals surface area contributed by atoms with Crippen molar-refractivity contribution in [3.63, 3.8) is 0 Å². The van der Waals surface area contributed by atoms with E-state index in [1.807, 2.05) is 29.5 Å². The highest BCUT2D eigenvalue weighted by atomic mass is 32.1. The summed E-state index contributed by atoms with van der Waals surface area (Å²) in [5, 5.41) is 1.21. The van der Waals surface area contributed by atoms with Crippen LogP contribution in [0.2, 0.25) is 0 Å². The predicted molar refractivity (Wildman–Crippen MR) is 76.0 cm³/mol. The van der Waals surface area contributed by atoms with Crippen molar-refractivity contribution in [1.29, 1.82) is 0 Å². The number of aromatic nitrogens is 1. The lowest BCUT2D eigenvalue weighted by Crippen LogP contribution is -2.05. The number of para-hydroxylation sites is 1. The SMILES string of the molecule is CCOC(=O)c1pc(C)c2sc3ccccc3n12. The molecular weight excluding hydrogens is 265 g/mol. The minimum absolute atomic E-state index is 0.217. The van der Waals surface area contributed by atoms with Crippen LogP contribution in [-0.2, 0) is 4.74 Å². The first-order chi connectivity index (χ1) is 8.72. The van der Waals surface area contributed by atoms with Gasteiger partial charge >= 0.3 is 5.97 Å². The minimum Gasteiger partial charge on any atom is -0.461 e. The molecular formula is C13H12NO2PS. The van der Waals surface area contributed by atoms with Gasteiger partial charge in [-0.15, -0.1) is 11.3 Å². The summed E-state index contributed by atoms with van der Waals surface area (Å²) in [5.74, 6) is -0.217. The van der Waals surface area contributed by atoms with Crippen LogP contribution in [0.5, 0.6) is 0 Å². The molecule has 18 heavy (non-hydrogen) atoms. The van der Waals surface area contributed by atoms with Crippen molar-refractivity contribution in [2.75, 3.05) is 6.61 Å². The molecule has 0 atom stereocenters. The van der Waals surface area contributed by atoms with Crippen molar-refractivity contribution in [2.24, 2.45) is 0 Å². The number of benzene rings is 1. The van der Waals surface area contributed by atoms with Crippen molar-refractivity contribution >= 4 is 40.5 Å². The van der Waals surface area contributed by atoms with Gasteiger partial charge in [0.05, 0.1) is 16.8 Å². The maximum atomic E-state index is 12.0. The molecule has 0 aliphatic rings. The van der Waals surface area contributed by atoms with E-state index in [-0.39, 0.29) is 5.97 Å². The summed E-state index contributed by atoms with van der Waals surface area (Å²) in [6.45, 7) is 4.31. The molecule has 5 heteroatoms. The van der Waals surface area contributed by atoms with Crippen molar-refractivity contribution < 1.29 is 9.53 Å². The molecule has 3 aromatic rings. The smallest absolute Gasteiger partial charge is 0.360 e. The Kier molecular flexibility index (Phi) is 2.84. The van der Waals surface area contributed by atoms with E-state index >= 15 is 0 Å². The fourth-order valence-corrected chi connectivity index (χ4v) is 4.39. The second kappa shape index (κ2) is 4.38. The van der Waals surface area contributed by atoms with Gasteiger partial charge in [-0.05, 0) is 34.2 Å². The summed E-state index contributed by atoms with van der Waals surface area (Å²) in [5.41, 5.74) is 1.80. The molecule has 0 fully saturated rings. The third-order valence-corrected chi connectivity index (χ3v) is 5.31. The lowest BCUT2D eigenvalue weighted by molar-refractivity contribution is 0.0525. The first-order valence-corrected chi connectivity index (χ1v) is 7.47. The quantitative estimate of drug-likeness (QED) is 0.657. The monoisotopic (exact) mass is 277 g/mol. The van der Waals surface area contributed by atoms with E-state index in [4.69, 9.17) is 4.74 Å². The lowest BCUT2D eigenvalue weighted by Gasteiger charge is -2.00. The largest absolute Gasteiger partial charge is 0.461 e. The Morgan fingerprint density at radius 2 is 2.22 bits per heavy atom. The zero-order valence-electron chi connectivity index (χ0n) is 10.1. The van der Waals surface area contributed by atoms with Crippen molar-refractivity contribution in [2.45, 2.75) is 13.8 Å². The number of rotatable bonds is 2. The van der Waals surface area contributed by atoms with Gasteiger partial charge in [0.1, 0.15) is 4.83 Å². The van der Waals surface area contributed by atoms with E-state index in [1.165, 1.54) is 10.00 Å². The van der Waals surface area contributed by atoms with Gasteiger partial charge in [0.2, 0.25) is 0 Å². The van der Waals surface area contributed by atoms with Gasteiger partial charge in [-0.1, -0.05) is 12.1 Å². The molecule has 0 radical (unpaired) electrons. The number of fused-ring (bicyclic) bond motifs is 3. The maximum Gasteiger partial charge on any atom is 0.360 e. The molecule has 2 aromatic heterocycles. The Morgan fingerprint density at radius 3 is 3.00 bits per heavy atom. The number of esters is 1. The molecule has 3 nitrogen and oxygen atoms in total. The van der Waals surface area contributed by atoms with Crippen LogP contribution in [0.1, 0.15) is 22.4 Å². The Hall–Kier alpha value is -1.38. The van der Waals surface area contributed by atoms with Crippen LogP contribution >= 0.6 is 19.5 Å². The third-order valence-electron chi connectivity index (χ3n) is 2.77. The molecule has 0 aliphatic carbocycles. The fourth-order valence-electron chi connectivity index (χ4n) is 2.02. The number of hydrogen-bond acceptors (Lipinski definition) is 3. The third kappa shape index (κ3) is 1.64. The number of hydrogen-bond donors (Lipinski definition) is 0. The summed E-state index contributed by atoms with van der Waals surface area (Å²) in [4.78, 5) is 13.2. The van der Waals surface area contributed by atoms with Gasteiger partial charge < -0.3 is 4.74 Å². The van der Waals surface area contributed by atoms with Gasteiger partial charge in [-0.3, -0.25) is 4.40 Å². The number of ether oxygens (including phenoxy) is 1. The number of carbonyl (C=O) groups is 1. The Labute approximate surface area is 110 Å². The number of nitrogens with zero attached hydrogens (tertiary/aromatic N) is 1. The molecule has 3 rings (SSSR count). The standard InChI is InChI=1S/C13H12NO2PS/c1-3-16-13(15)11-14-9-6-4-5-7-10(9)18-12(14)8(2)17-11/h4-7H,3H2,1-2H3. The van der Waals surface area contributed by atoms with Gasteiger partial charge in [-0.2, -0.15) is 0 Å². The van der Waals surface area contributed by atoms with Gasteiger partial charge in [0.15, 0.2) is 5.43 Å². The molecule has 1 aromatic carbocycles. The zero-order valence-corrected chi connectivity index (χ0v) is 11.8. The Bertz CT molecular complexity index is 744. The van der Waals surface area contributed by atoms with Crippen LogP contribution < -0.4 is 0 Å². The molecule has 0 amide bonds. The Balaban J connectivity index is 2.35. The molecule has 0 saturated heterocycles. The van der Waals surface area contributed by atoms with Crippen molar-refractivity contribution in [3.05, 3.63) is 35.0 Å². The summed E-state index contributed by atoms with van der Waals surface area (Å²) in [7, 11) is 0.959. The van der Waals surface area contributed by atoms with E-state index in [0.717, 1.165) is 18.5 Å². The lowest BCUT2D eigenvalue weighted by atomic mass is 10.3. The van der Waals surface area contributed by atoms with Crippen LogP contribution in [0.15, 0.2) is 24.3 Å². The molecule has 0 bridgehead atoms. The molecule has 0 N–H and O–H groups in total. The Morgan fingerprint density at radius 1 is 1.44 bits per heavy atom. The van der Waals surface area contributed by atoms with Crippen LogP contribution in [0.3, 0.4) is 0 Å². The minimum atomic E-state index is -0.217. The predicted octanol–water partition coefficient (Wildman–Crippen LogP) is 4.22. The summed E-state index contributed by atoms with van der Waals surface area (Å²) >= 11 is 1.72. The summed E-state index contributed by atoms with van der Waals surface area (Å²) in [6, 6.07) is 8.14. The highest BCUT2D eigenvalue weighted by Gasteiger charge is 2.18. The topological polar surface area (TPSA) is 30.7 Å². The normalized spacial score (nSPS) is 11.7. The average molecular weight is 277 g/mol. The highest BCUT2D eigenvalue weighted by molar-refractivity contribution is 7.36. The fraction of sp³-hybridized carbons (Fsp3) is 0.231. The molecule has 2 heterocycles. The van der Waals surface area contributed by atoms with Gasteiger partial charge in [0, 0.05) is 5.30 Å². The highest BCUT2D eigenvalue weighted by Crippen LogP contribution is 2.37. The second-order valence-electron chi connectivity index (χ2n) is 3.95. The first-order valence-electron chi connectivity index (χ1n) is 5.76. The number of thiazole rings is 1. The van der Waals surface area contributed by atoms with E-state index < -0.39 is 0 Å². The second-order valence-corrected chi connectivity index (χ2v) is 6.30. The van der Waals surface area contributed by atoms with Crippen molar-refractivity contribution in [3.8, 4) is 0 Å². The van der Waals surface area contributed by atoms with Crippen LogP contribution in [0, 0.1) is 6.92 Å². The maximum absolute atomic E-state index is 12.0. The number of carbonyl (C=O) groups excluding carboxylic acids is 1. The summed E-state index contributed by atoms with van der Waals surface area (Å²) in [6.07, 6.45) is 0. The van der Waals surface area contributed by atoms with E-state index in [0.29, 0.717) is 12.0 Å². The van der Waals surface area contributed by atoms with Crippen LogP contribution in [0.25, 0.3) is 15.0 Å². The number of aryl methyl sites for hydroxylation is 1. The average Bonchev–Trinajstić information content (AvgIpc) is 2.88. The van der Waals surface area contributed by atoms with Gasteiger partial charge in [-0.25, -0.2) is 4.79 Å². The molecule has 0 aliphatic heterocycles. The molecule has 0 unspecified atom stereocenters. The van der Waals surface area contributed by atoms with Crippen molar-refractivity contribution in [1.82, 2.24) is 4.40 Å².